The van der Waals surface area contributed by atoms with Crippen LogP contribution in [-0.4, -0.2) is 53.1 Å². The monoisotopic (exact) mass is 483 g/mol. The third kappa shape index (κ3) is 21.1. The Morgan fingerprint density at radius 2 is 1.24 bits per heavy atom. The molecule has 1 unspecified atom stereocenters. The molecular weight excluding hydrogens is 442 g/mol. The van der Waals surface area contributed by atoms with Crippen LogP contribution in [0.5, 0.6) is 0 Å². The molecule has 0 aliphatic heterocycles. The van der Waals surface area contributed by atoms with Gasteiger partial charge in [0.05, 0.1) is 0 Å². The van der Waals surface area contributed by atoms with Gasteiger partial charge in [0.15, 0.2) is 0 Å². The SMILES string of the molecule is [N-]=[N+]=NCCNC(=O)CCC(NC(=O)CCCCCCCCCCCCCCC(=O)O)C(=O)O. The van der Waals surface area contributed by atoms with Crippen molar-refractivity contribution >= 4 is 23.8 Å². The lowest BCUT2D eigenvalue weighted by Crippen LogP contribution is -2.41. The fourth-order valence-corrected chi connectivity index (χ4v) is 3.51. The van der Waals surface area contributed by atoms with Gasteiger partial charge >= 0.3 is 11.9 Å². The van der Waals surface area contributed by atoms with Crippen LogP contribution in [0, 0.1) is 0 Å². The van der Waals surface area contributed by atoms with E-state index in [0.29, 0.717) is 6.42 Å². The molecule has 0 bridgehead atoms. The highest BCUT2D eigenvalue weighted by atomic mass is 16.4. The van der Waals surface area contributed by atoms with Gasteiger partial charge < -0.3 is 20.8 Å². The number of hydrogen-bond donors (Lipinski definition) is 4. The second-order valence-corrected chi connectivity index (χ2v) is 8.44. The quantitative estimate of drug-likeness (QED) is 0.0726. The molecule has 0 aliphatic carbocycles. The number of nitrogens with zero attached hydrogens (tertiary/aromatic N) is 3. The second kappa shape index (κ2) is 22.0. The first kappa shape index (κ1) is 31.2. The van der Waals surface area contributed by atoms with E-state index >= 15 is 0 Å². The van der Waals surface area contributed by atoms with Gasteiger partial charge in [0, 0.05) is 37.3 Å². The summed E-state index contributed by atoms with van der Waals surface area (Å²) in [5, 5.41) is 26.1. The van der Waals surface area contributed by atoms with Gasteiger partial charge in [-0.25, -0.2) is 4.79 Å². The van der Waals surface area contributed by atoms with E-state index in [2.05, 4.69) is 20.7 Å². The molecule has 0 saturated heterocycles. The zero-order chi connectivity index (χ0) is 25.4. The van der Waals surface area contributed by atoms with Crippen molar-refractivity contribution in [3.05, 3.63) is 10.4 Å². The van der Waals surface area contributed by atoms with E-state index in [0.717, 1.165) is 51.4 Å². The highest BCUT2D eigenvalue weighted by Crippen LogP contribution is 2.13. The molecule has 0 spiro atoms. The van der Waals surface area contributed by atoms with Crippen LogP contribution in [0.1, 0.15) is 103 Å². The van der Waals surface area contributed by atoms with Gasteiger partial charge in [0.2, 0.25) is 11.8 Å². The van der Waals surface area contributed by atoms with Crippen molar-refractivity contribution in [1.82, 2.24) is 10.6 Å². The van der Waals surface area contributed by atoms with E-state index in [9.17, 15) is 24.3 Å². The van der Waals surface area contributed by atoms with Gasteiger partial charge in [-0.2, -0.15) is 0 Å². The minimum absolute atomic E-state index is 0.00322. The van der Waals surface area contributed by atoms with Gasteiger partial charge in [-0.1, -0.05) is 69.3 Å². The maximum absolute atomic E-state index is 12.0. The molecule has 194 valence electrons. The summed E-state index contributed by atoms with van der Waals surface area (Å²) in [7, 11) is 0. The Balaban J connectivity index is 3.68. The van der Waals surface area contributed by atoms with Crippen molar-refractivity contribution in [2.24, 2.45) is 5.11 Å². The topological polar surface area (TPSA) is 182 Å². The van der Waals surface area contributed by atoms with Crippen LogP contribution in [0.25, 0.3) is 10.4 Å². The van der Waals surface area contributed by atoms with Crippen molar-refractivity contribution in [3.8, 4) is 0 Å². The average molecular weight is 484 g/mol. The summed E-state index contributed by atoms with van der Waals surface area (Å²) in [6.07, 6.45) is 13.0. The minimum atomic E-state index is -1.17. The molecule has 0 aromatic rings. The third-order valence-electron chi connectivity index (χ3n) is 5.44. The number of unbranched alkanes of at least 4 members (excludes halogenated alkanes) is 11. The van der Waals surface area contributed by atoms with E-state index in [1.807, 2.05) is 0 Å². The van der Waals surface area contributed by atoms with Gasteiger partial charge in [-0.05, 0) is 24.8 Å². The maximum atomic E-state index is 12.0. The number of nitrogens with one attached hydrogen (secondary N) is 2. The summed E-state index contributed by atoms with van der Waals surface area (Å²) in [4.78, 5) is 48.0. The van der Waals surface area contributed by atoms with Crippen LogP contribution in [-0.2, 0) is 19.2 Å². The Kier molecular flexibility index (Phi) is 20.2. The molecule has 0 heterocycles. The number of carboxylic acids is 2. The lowest BCUT2D eigenvalue weighted by atomic mass is 10.0. The van der Waals surface area contributed by atoms with Gasteiger partial charge in [-0.15, -0.1) is 0 Å². The van der Waals surface area contributed by atoms with E-state index in [4.69, 9.17) is 10.6 Å². The van der Waals surface area contributed by atoms with Crippen LogP contribution in [0.4, 0.5) is 0 Å². The first-order chi connectivity index (χ1) is 16.4. The first-order valence-electron chi connectivity index (χ1n) is 12.4. The van der Waals surface area contributed by atoms with Gasteiger partial charge in [0.25, 0.3) is 0 Å². The molecule has 0 saturated carbocycles. The predicted molar refractivity (Wildman–Crippen MR) is 128 cm³/mol. The van der Waals surface area contributed by atoms with Crippen LogP contribution in [0.15, 0.2) is 5.11 Å². The number of carboxylic acid groups (broad SMARTS) is 2. The van der Waals surface area contributed by atoms with E-state index in [1.54, 1.807) is 0 Å². The summed E-state index contributed by atoms with van der Waals surface area (Å²) >= 11 is 0. The van der Waals surface area contributed by atoms with E-state index in [1.165, 1.54) is 19.3 Å². The maximum Gasteiger partial charge on any atom is 0.326 e. The molecular formula is C23H41N5O6. The Morgan fingerprint density at radius 1 is 0.735 bits per heavy atom. The number of rotatable bonds is 23. The smallest absolute Gasteiger partial charge is 0.326 e. The molecule has 0 rings (SSSR count). The number of amides is 2. The van der Waals surface area contributed by atoms with Gasteiger partial charge in [-0.3, -0.25) is 14.4 Å². The van der Waals surface area contributed by atoms with Crippen molar-refractivity contribution in [2.75, 3.05) is 13.1 Å². The van der Waals surface area contributed by atoms with Gasteiger partial charge in [0.1, 0.15) is 6.04 Å². The van der Waals surface area contributed by atoms with Crippen LogP contribution < -0.4 is 10.6 Å². The highest BCUT2D eigenvalue weighted by molar-refractivity contribution is 5.84. The number of carbonyl (C=O) groups excluding carboxylic acids is 2. The van der Waals surface area contributed by atoms with Crippen LogP contribution in [0.3, 0.4) is 0 Å². The minimum Gasteiger partial charge on any atom is -0.481 e. The van der Waals surface area contributed by atoms with E-state index < -0.39 is 18.0 Å². The largest absolute Gasteiger partial charge is 0.481 e. The number of hydrogen-bond acceptors (Lipinski definition) is 5. The second-order valence-electron chi connectivity index (χ2n) is 8.44. The number of carbonyl (C=O) groups is 4. The zero-order valence-corrected chi connectivity index (χ0v) is 20.2. The lowest BCUT2D eigenvalue weighted by Gasteiger charge is -2.14. The highest BCUT2D eigenvalue weighted by Gasteiger charge is 2.20. The standard InChI is InChI=1S/C23H41N5O6/c24-28-26-18-17-25-20(29)16-15-19(23(33)34)27-21(30)13-11-9-7-5-3-1-2-4-6-8-10-12-14-22(31)32/h19H,1-18H2,(H,25,29)(H,27,30)(H,31,32)(H,33,34). The summed E-state index contributed by atoms with van der Waals surface area (Å²) in [5.41, 5.74) is 8.16. The summed E-state index contributed by atoms with van der Waals surface area (Å²) in [6, 6.07) is -1.10. The molecule has 11 nitrogen and oxygen atoms in total. The number of azide groups is 1. The van der Waals surface area contributed by atoms with E-state index in [-0.39, 0.29) is 50.6 Å². The normalized spacial score (nSPS) is 11.3. The molecule has 4 N–H and O–H groups in total. The van der Waals surface area contributed by atoms with Crippen molar-refractivity contribution in [2.45, 2.75) is 109 Å². The molecule has 11 heteroatoms. The molecule has 0 aromatic heterocycles. The predicted octanol–water partition coefficient (Wildman–Crippen LogP) is 4.31. The van der Waals surface area contributed by atoms with Crippen molar-refractivity contribution in [1.29, 1.82) is 0 Å². The first-order valence-corrected chi connectivity index (χ1v) is 12.4. The zero-order valence-electron chi connectivity index (χ0n) is 20.2. The number of aliphatic carboxylic acids is 2. The fourth-order valence-electron chi connectivity index (χ4n) is 3.51. The van der Waals surface area contributed by atoms with Crippen molar-refractivity contribution in [3.63, 3.8) is 0 Å². The summed E-state index contributed by atoms with van der Waals surface area (Å²) in [5.74, 6) is -2.57. The molecule has 0 aromatic carbocycles. The lowest BCUT2D eigenvalue weighted by molar-refractivity contribution is -0.142. The Morgan fingerprint density at radius 3 is 1.71 bits per heavy atom. The van der Waals surface area contributed by atoms with Crippen LogP contribution >= 0.6 is 0 Å². The fraction of sp³-hybridized carbons (Fsp3) is 0.826. The average Bonchev–Trinajstić information content (AvgIpc) is 2.79. The molecule has 2 amide bonds. The molecule has 0 aliphatic rings. The van der Waals surface area contributed by atoms with Crippen LogP contribution in [0.2, 0.25) is 0 Å². The molecule has 34 heavy (non-hydrogen) atoms. The summed E-state index contributed by atoms with van der Waals surface area (Å²) < 4.78 is 0. The summed E-state index contributed by atoms with van der Waals surface area (Å²) in [6.45, 7) is 0.308. The molecule has 0 radical (unpaired) electrons. The van der Waals surface area contributed by atoms with Crippen molar-refractivity contribution < 1.29 is 29.4 Å². The molecule has 0 fully saturated rings. The third-order valence-corrected chi connectivity index (χ3v) is 5.44. The Labute approximate surface area is 201 Å². The Bertz CT molecular complexity index is 652. The molecule has 1 atom stereocenters. The Hall–Kier alpha value is -2.81.